The van der Waals surface area contributed by atoms with Crippen LogP contribution in [0.2, 0.25) is 0 Å². The first-order valence-corrected chi connectivity index (χ1v) is 9.16. The van der Waals surface area contributed by atoms with E-state index in [9.17, 15) is 23.1 Å². The standard InChI is InChI=1S/C22H19F3N2O4/c1-14(28)27-19-11-6-16(29)12-15(19)13-26-20-4-2-3-5-21(20)30-17-7-9-18(10-8-17)31-22(23,24)25/h2-12,26,29H,13H2,1H3,(H,27,28). The summed E-state index contributed by atoms with van der Waals surface area (Å²) in [7, 11) is 0. The van der Waals surface area contributed by atoms with Crippen molar-refractivity contribution in [2.45, 2.75) is 19.8 Å². The van der Waals surface area contributed by atoms with Crippen LogP contribution in [0.25, 0.3) is 0 Å². The summed E-state index contributed by atoms with van der Waals surface area (Å²) in [5, 5.41) is 15.6. The predicted octanol–water partition coefficient (Wildman–Crippen LogP) is 5.65. The molecule has 0 saturated heterocycles. The van der Waals surface area contributed by atoms with Crippen molar-refractivity contribution < 1.29 is 32.5 Å². The molecule has 1 amide bonds. The Bertz CT molecular complexity index is 1050. The zero-order chi connectivity index (χ0) is 22.4. The fourth-order valence-corrected chi connectivity index (χ4v) is 2.77. The van der Waals surface area contributed by atoms with E-state index in [-0.39, 0.29) is 24.0 Å². The van der Waals surface area contributed by atoms with E-state index >= 15 is 0 Å². The number of halogens is 3. The number of benzene rings is 3. The summed E-state index contributed by atoms with van der Waals surface area (Å²) in [6.45, 7) is 1.65. The third-order valence-electron chi connectivity index (χ3n) is 4.04. The van der Waals surface area contributed by atoms with Gasteiger partial charge >= 0.3 is 6.36 Å². The third kappa shape index (κ3) is 6.56. The lowest BCUT2D eigenvalue weighted by Gasteiger charge is -2.15. The van der Waals surface area contributed by atoms with Gasteiger partial charge in [0.1, 0.15) is 17.2 Å². The number of nitrogens with one attached hydrogen (secondary N) is 2. The number of hydrogen-bond donors (Lipinski definition) is 3. The van der Waals surface area contributed by atoms with Crippen LogP contribution in [0, 0.1) is 0 Å². The van der Waals surface area contributed by atoms with Crippen LogP contribution in [0.4, 0.5) is 24.5 Å². The number of rotatable bonds is 7. The molecular formula is C22H19F3N2O4. The minimum atomic E-state index is -4.76. The van der Waals surface area contributed by atoms with Crippen LogP contribution in [-0.4, -0.2) is 17.4 Å². The maximum Gasteiger partial charge on any atom is 0.573 e. The quantitative estimate of drug-likeness (QED) is 0.420. The number of aromatic hydroxyl groups is 1. The molecule has 0 aliphatic rings. The Hall–Kier alpha value is -3.88. The number of ether oxygens (including phenoxy) is 2. The zero-order valence-corrected chi connectivity index (χ0v) is 16.4. The molecule has 31 heavy (non-hydrogen) atoms. The molecule has 0 spiro atoms. The average Bonchev–Trinajstić information content (AvgIpc) is 2.69. The molecule has 162 valence electrons. The van der Waals surface area contributed by atoms with Gasteiger partial charge in [-0.3, -0.25) is 4.79 Å². The predicted molar refractivity (Wildman–Crippen MR) is 109 cm³/mol. The van der Waals surface area contributed by atoms with Gasteiger partial charge in [0.05, 0.1) is 5.69 Å². The molecule has 0 aliphatic carbocycles. The molecule has 0 aliphatic heterocycles. The number of carbonyl (C=O) groups is 1. The van der Waals surface area contributed by atoms with Gasteiger partial charge < -0.3 is 25.2 Å². The lowest BCUT2D eigenvalue weighted by atomic mass is 10.1. The van der Waals surface area contributed by atoms with Gasteiger partial charge in [-0.05, 0) is 60.2 Å². The van der Waals surface area contributed by atoms with Gasteiger partial charge in [-0.2, -0.15) is 0 Å². The smallest absolute Gasteiger partial charge is 0.508 e. The fraction of sp³-hybridized carbons (Fsp3) is 0.136. The monoisotopic (exact) mass is 432 g/mol. The van der Waals surface area contributed by atoms with Crippen molar-refractivity contribution in [3.63, 3.8) is 0 Å². The van der Waals surface area contributed by atoms with E-state index in [0.717, 1.165) is 12.1 Å². The first-order chi connectivity index (χ1) is 14.7. The second-order valence-electron chi connectivity index (χ2n) is 6.49. The van der Waals surface area contributed by atoms with Crippen molar-refractivity contribution in [2.24, 2.45) is 0 Å². The Morgan fingerprint density at radius 2 is 1.65 bits per heavy atom. The van der Waals surface area contributed by atoms with Crippen molar-refractivity contribution in [2.75, 3.05) is 10.6 Å². The molecule has 3 N–H and O–H groups in total. The SMILES string of the molecule is CC(=O)Nc1ccc(O)cc1CNc1ccccc1Oc1ccc(OC(F)(F)F)cc1. The number of phenolic OH excluding ortho intramolecular Hbond substituents is 1. The van der Waals surface area contributed by atoms with Gasteiger partial charge in [-0.1, -0.05) is 12.1 Å². The van der Waals surface area contributed by atoms with Crippen LogP contribution in [0.5, 0.6) is 23.0 Å². The van der Waals surface area contributed by atoms with Crippen molar-refractivity contribution >= 4 is 17.3 Å². The van der Waals surface area contributed by atoms with Crippen LogP contribution < -0.4 is 20.1 Å². The lowest BCUT2D eigenvalue weighted by molar-refractivity contribution is -0.274. The number of anilines is 2. The lowest BCUT2D eigenvalue weighted by Crippen LogP contribution is -2.16. The molecule has 0 heterocycles. The molecule has 3 aromatic carbocycles. The van der Waals surface area contributed by atoms with Gasteiger partial charge in [0.15, 0.2) is 5.75 Å². The summed E-state index contributed by atoms with van der Waals surface area (Å²) in [6.07, 6.45) is -4.76. The topological polar surface area (TPSA) is 79.8 Å². The van der Waals surface area contributed by atoms with E-state index in [1.807, 2.05) is 0 Å². The van der Waals surface area contributed by atoms with Crippen LogP contribution in [-0.2, 0) is 11.3 Å². The molecule has 0 fully saturated rings. The molecule has 0 saturated carbocycles. The summed E-state index contributed by atoms with van der Waals surface area (Å²) in [4.78, 5) is 11.4. The van der Waals surface area contributed by atoms with Gasteiger partial charge in [-0.15, -0.1) is 13.2 Å². The van der Waals surface area contributed by atoms with Crippen molar-refractivity contribution in [1.82, 2.24) is 0 Å². The molecule has 0 aromatic heterocycles. The molecular weight excluding hydrogens is 413 g/mol. The van der Waals surface area contributed by atoms with E-state index in [0.29, 0.717) is 28.4 Å². The van der Waals surface area contributed by atoms with E-state index in [4.69, 9.17) is 4.74 Å². The maximum atomic E-state index is 12.3. The van der Waals surface area contributed by atoms with Crippen LogP contribution in [0.15, 0.2) is 66.7 Å². The number of amides is 1. The number of hydrogen-bond acceptors (Lipinski definition) is 5. The number of carbonyl (C=O) groups excluding carboxylic acids is 1. The second kappa shape index (κ2) is 9.29. The van der Waals surface area contributed by atoms with E-state index < -0.39 is 6.36 Å². The van der Waals surface area contributed by atoms with Crippen molar-refractivity contribution in [3.8, 4) is 23.0 Å². The Labute approximate surface area is 176 Å². The minimum Gasteiger partial charge on any atom is -0.508 e. The van der Waals surface area contributed by atoms with Crippen LogP contribution >= 0.6 is 0 Å². The van der Waals surface area contributed by atoms with Gasteiger partial charge in [0.25, 0.3) is 0 Å². The number of alkyl halides is 3. The minimum absolute atomic E-state index is 0.0524. The molecule has 6 nitrogen and oxygen atoms in total. The summed E-state index contributed by atoms with van der Waals surface area (Å²) in [6, 6.07) is 16.6. The Morgan fingerprint density at radius 1 is 0.968 bits per heavy atom. The van der Waals surface area contributed by atoms with Crippen molar-refractivity contribution in [3.05, 3.63) is 72.3 Å². The van der Waals surface area contributed by atoms with E-state index in [1.54, 1.807) is 30.3 Å². The highest BCUT2D eigenvalue weighted by Gasteiger charge is 2.31. The highest BCUT2D eigenvalue weighted by molar-refractivity contribution is 5.89. The Balaban J connectivity index is 1.73. The Morgan fingerprint density at radius 3 is 2.32 bits per heavy atom. The zero-order valence-electron chi connectivity index (χ0n) is 16.4. The first kappa shape index (κ1) is 21.8. The number of phenols is 1. The van der Waals surface area contributed by atoms with E-state index in [1.165, 1.54) is 31.2 Å². The third-order valence-corrected chi connectivity index (χ3v) is 4.04. The van der Waals surface area contributed by atoms with E-state index in [2.05, 4.69) is 15.4 Å². The molecule has 3 aromatic rings. The van der Waals surface area contributed by atoms with Crippen LogP contribution in [0.3, 0.4) is 0 Å². The summed E-state index contributed by atoms with van der Waals surface area (Å²) in [5.41, 5.74) is 1.81. The molecule has 0 radical (unpaired) electrons. The summed E-state index contributed by atoms with van der Waals surface area (Å²) >= 11 is 0. The van der Waals surface area contributed by atoms with Gasteiger partial charge in [-0.25, -0.2) is 0 Å². The highest BCUT2D eigenvalue weighted by atomic mass is 19.4. The number of para-hydroxylation sites is 2. The molecule has 9 heteroatoms. The first-order valence-electron chi connectivity index (χ1n) is 9.16. The van der Waals surface area contributed by atoms with Gasteiger partial charge in [0, 0.05) is 19.2 Å². The molecule has 3 rings (SSSR count). The largest absolute Gasteiger partial charge is 0.573 e. The summed E-state index contributed by atoms with van der Waals surface area (Å²) in [5.74, 6) is 0.221. The van der Waals surface area contributed by atoms with Crippen LogP contribution in [0.1, 0.15) is 12.5 Å². The summed E-state index contributed by atoms with van der Waals surface area (Å²) < 4.78 is 46.5. The normalized spacial score (nSPS) is 11.0. The maximum absolute atomic E-state index is 12.3. The Kier molecular flexibility index (Phi) is 6.54. The fourth-order valence-electron chi connectivity index (χ4n) is 2.77. The molecule has 0 unspecified atom stereocenters. The van der Waals surface area contributed by atoms with Crippen molar-refractivity contribution in [1.29, 1.82) is 0 Å². The average molecular weight is 432 g/mol. The molecule has 0 bridgehead atoms. The second-order valence-corrected chi connectivity index (χ2v) is 6.49. The highest BCUT2D eigenvalue weighted by Crippen LogP contribution is 2.32. The molecule has 0 atom stereocenters. The van der Waals surface area contributed by atoms with Gasteiger partial charge in [0.2, 0.25) is 5.91 Å².